The molecule has 1 unspecified atom stereocenters. The summed E-state index contributed by atoms with van der Waals surface area (Å²) in [7, 11) is 0. The lowest BCUT2D eigenvalue weighted by atomic mass is 10.0. The maximum Gasteiger partial charge on any atom is 0.425 e. The van der Waals surface area contributed by atoms with Crippen LogP contribution in [0.1, 0.15) is 62.7 Å². The van der Waals surface area contributed by atoms with Crippen LogP contribution in [0.2, 0.25) is 0 Å². The van der Waals surface area contributed by atoms with Crippen LogP contribution in [0, 0.1) is 11.6 Å². The summed E-state index contributed by atoms with van der Waals surface area (Å²) in [4.78, 5) is 12.1. The summed E-state index contributed by atoms with van der Waals surface area (Å²) in [6, 6.07) is 8.38. The van der Waals surface area contributed by atoms with E-state index in [0.29, 0.717) is 17.9 Å². The minimum Gasteiger partial charge on any atom is -0.494 e. The average molecular weight is 458 g/mol. The largest absolute Gasteiger partial charge is 0.494 e. The van der Waals surface area contributed by atoms with Crippen molar-refractivity contribution in [2.75, 3.05) is 6.61 Å². The van der Waals surface area contributed by atoms with E-state index in [1.807, 2.05) is 0 Å². The molecule has 2 aromatic rings. The molecule has 0 aromatic heterocycles. The highest BCUT2D eigenvalue weighted by Gasteiger charge is 2.42. The Balaban J connectivity index is 2.12. The van der Waals surface area contributed by atoms with Crippen molar-refractivity contribution in [2.24, 2.45) is 0 Å². The summed E-state index contributed by atoms with van der Waals surface area (Å²) in [5.74, 6) is -3.87. The Bertz CT molecular complexity index is 878. The first-order valence-electron chi connectivity index (χ1n) is 10.7. The van der Waals surface area contributed by atoms with E-state index in [2.05, 4.69) is 11.7 Å². The molecular formula is C24H27F5O3. The van der Waals surface area contributed by atoms with Gasteiger partial charge < -0.3 is 9.47 Å². The predicted octanol–water partition coefficient (Wildman–Crippen LogP) is 7.48. The summed E-state index contributed by atoms with van der Waals surface area (Å²) in [6.07, 6.45) is -3.30. The Hall–Kier alpha value is -2.64. The van der Waals surface area contributed by atoms with Crippen molar-refractivity contribution in [2.45, 2.75) is 64.7 Å². The summed E-state index contributed by atoms with van der Waals surface area (Å²) in [5, 5.41) is 0. The van der Waals surface area contributed by atoms with E-state index in [0.717, 1.165) is 37.8 Å². The molecule has 0 saturated heterocycles. The first-order valence-corrected chi connectivity index (χ1v) is 10.7. The molecule has 2 aromatic carbocycles. The lowest BCUT2D eigenvalue weighted by Crippen LogP contribution is -2.34. The Labute approximate surface area is 184 Å². The molecule has 3 nitrogen and oxygen atoms in total. The van der Waals surface area contributed by atoms with Crippen LogP contribution >= 0.6 is 0 Å². The van der Waals surface area contributed by atoms with Crippen molar-refractivity contribution in [1.82, 2.24) is 0 Å². The maximum atomic E-state index is 14.6. The molecular weight excluding hydrogens is 431 g/mol. The van der Waals surface area contributed by atoms with Gasteiger partial charge in [-0.2, -0.15) is 13.2 Å². The number of esters is 1. The van der Waals surface area contributed by atoms with Crippen LogP contribution in [0.15, 0.2) is 36.4 Å². The molecule has 2 rings (SSSR count). The molecule has 0 aliphatic carbocycles. The molecule has 0 amide bonds. The van der Waals surface area contributed by atoms with Gasteiger partial charge in [0.15, 0.2) is 17.7 Å². The van der Waals surface area contributed by atoms with E-state index < -0.39 is 41.9 Å². The van der Waals surface area contributed by atoms with Crippen LogP contribution in [0.25, 0.3) is 11.1 Å². The summed E-state index contributed by atoms with van der Waals surface area (Å²) < 4.78 is 78.0. The SMILES string of the molecule is CCCCCCOc1ccc(-c2ccc(C(=O)OC(CCC)C(F)(F)F)c(F)c2F)cc1. The van der Waals surface area contributed by atoms with Crippen LogP contribution in [-0.4, -0.2) is 24.9 Å². The number of halogens is 5. The highest BCUT2D eigenvalue weighted by molar-refractivity contribution is 5.90. The monoisotopic (exact) mass is 458 g/mol. The number of carbonyl (C=O) groups is 1. The molecule has 0 N–H and O–H groups in total. The lowest BCUT2D eigenvalue weighted by molar-refractivity contribution is -0.206. The number of hydrogen-bond donors (Lipinski definition) is 0. The number of ether oxygens (including phenoxy) is 2. The van der Waals surface area contributed by atoms with E-state index in [4.69, 9.17) is 4.74 Å². The van der Waals surface area contributed by atoms with Crippen LogP contribution in [0.5, 0.6) is 5.75 Å². The van der Waals surface area contributed by atoms with Crippen molar-refractivity contribution in [3.05, 3.63) is 53.6 Å². The Morgan fingerprint density at radius 3 is 2.19 bits per heavy atom. The van der Waals surface area contributed by atoms with Gasteiger partial charge in [0.05, 0.1) is 12.2 Å². The maximum absolute atomic E-state index is 14.6. The molecule has 8 heteroatoms. The fourth-order valence-electron chi connectivity index (χ4n) is 3.12. The van der Waals surface area contributed by atoms with Crippen LogP contribution < -0.4 is 4.74 Å². The lowest BCUT2D eigenvalue weighted by Gasteiger charge is -2.20. The van der Waals surface area contributed by atoms with Crippen molar-refractivity contribution in [3.8, 4) is 16.9 Å². The van der Waals surface area contributed by atoms with Gasteiger partial charge in [0.25, 0.3) is 0 Å². The molecule has 0 aliphatic heterocycles. The Kier molecular flexibility index (Phi) is 9.47. The van der Waals surface area contributed by atoms with Crippen molar-refractivity contribution in [1.29, 1.82) is 0 Å². The highest BCUT2D eigenvalue weighted by atomic mass is 19.4. The number of alkyl halides is 3. The van der Waals surface area contributed by atoms with Crippen LogP contribution in [0.3, 0.4) is 0 Å². The number of hydrogen-bond acceptors (Lipinski definition) is 3. The van der Waals surface area contributed by atoms with Gasteiger partial charge in [-0.05, 0) is 36.6 Å². The molecule has 0 saturated carbocycles. The number of rotatable bonds is 11. The molecule has 0 spiro atoms. The van der Waals surface area contributed by atoms with Gasteiger partial charge in [0.1, 0.15) is 5.75 Å². The third-order valence-corrected chi connectivity index (χ3v) is 4.90. The van der Waals surface area contributed by atoms with Crippen LogP contribution in [0.4, 0.5) is 22.0 Å². The quantitative estimate of drug-likeness (QED) is 0.199. The normalized spacial score (nSPS) is 12.5. The number of unbranched alkanes of at least 4 members (excludes halogenated alkanes) is 3. The van der Waals surface area contributed by atoms with Gasteiger partial charge >= 0.3 is 12.1 Å². The molecule has 176 valence electrons. The minimum atomic E-state index is -4.79. The predicted molar refractivity (Wildman–Crippen MR) is 112 cm³/mol. The number of carbonyl (C=O) groups excluding carboxylic acids is 1. The van der Waals surface area contributed by atoms with Crippen molar-refractivity contribution in [3.63, 3.8) is 0 Å². The summed E-state index contributed by atoms with van der Waals surface area (Å²) >= 11 is 0. The fourth-order valence-corrected chi connectivity index (χ4v) is 3.12. The first kappa shape index (κ1) is 25.6. The standard InChI is InChI=1S/C24H27F5O3/c1-3-5-6-7-15-31-17-11-9-16(10-12-17)18-13-14-19(22(26)21(18)25)23(30)32-20(8-4-2)24(27,28)29/h9-14,20H,3-8,15H2,1-2H3. The van der Waals surface area contributed by atoms with Gasteiger partial charge in [-0.3, -0.25) is 0 Å². The van der Waals surface area contributed by atoms with E-state index >= 15 is 0 Å². The zero-order chi connectivity index (χ0) is 23.7. The molecule has 0 radical (unpaired) electrons. The molecule has 32 heavy (non-hydrogen) atoms. The zero-order valence-corrected chi connectivity index (χ0v) is 18.1. The molecule has 0 heterocycles. The van der Waals surface area contributed by atoms with Gasteiger partial charge in [0.2, 0.25) is 0 Å². The van der Waals surface area contributed by atoms with Crippen LogP contribution in [-0.2, 0) is 4.74 Å². The van der Waals surface area contributed by atoms with Gasteiger partial charge in [0, 0.05) is 5.56 Å². The van der Waals surface area contributed by atoms with E-state index in [1.165, 1.54) is 19.1 Å². The summed E-state index contributed by atoms with van der Waals surface area (Å²) in [5.41, 5.74) is -0.683. The summed E-state index contributed by atoms with van der Waals surface area (Å²) in [6.45, 7) is 4.16. The van der Waals surface area contributed by atoms with Gasteiger partial charge in [-0.25, -0.2) is 13.6 Å². The van der Waals surface area contributed by atoms with Crippen molar-refractivity contribution >= 4 is 5.97 Å². The van der Waals surface area contributed by atoms with Gasteiger partial charge in [-0.1, -0.05) is 57.7 Å². The second-order valence-electron chi connectivity index (χ2n) is 7.45. The first-order chi connectivity index (χ1) is 15.2. The molecule has 0 bridgehead atoms. The topological polar surface area (TPSA) is 35.5 Å². The van der Waals surface area contributed by atoms with E-state index in [-0.39, 0.29) is 12.0 Å². The molecule has 1 atom stereocenters. The van der Waals surface area contributed by atoms with E-state index in [9.17, 15) is 26.7 Å². The van der Waals surface area contributed by atoms with Gasteiger partial charge in [-0.15, -0.1) is 0 Å². The molecule has 0 aliphatic rings. The number of benzene rings is 2. The third kappa shape index (κ3) is 6.93. The highest BCUT2D eigenvalue weighted by Crippen LogP contribution is 2.30. The average Bonchev–Trinajstić information content (AvgIpc) is 2.75. The molecule has 0 fully saturated rings. The second-order valence-corrected chi connectivity index (χ2v) is 7.45. The minimum absolute atomic E-state index is 0.103. The third-order valence-electron chi connectivity index (χ3n) is 4.90. The smallest absolute Gasteiger partial charge is 0.425 e. The van der Waals surface area contributed by atoms with E-state index in [1.54, 1.807) is 12.1 Å². The van der Waals surface area contributed by atoms with Crippen molar-refractivity contribution < 1.29 is 36.2 Å². The zero-order valence-electron chi connectivity index (χ0n) is 18.1. The second kappa shape index (κ2) is 11.8. The Morgan fingerprint density at radius 2 is 1.59 bits per heavy atom. The fraction of sp³-hybridized carbons (Fsp3) is 0.458. The Morgan fingerprint density at radius 1 is 0.906 bits per heavy atom.